The van der Waals surface area contributed by atoms with Crippen molar-refractivity contribution in [1.82, 2.24) is 14.5 Å². The number of hydrogen-bond acceptors (Lipinski definition) is 2. The van der Waals surface area contributed by atoms with Crippen molar-refractivity contribution in [2.75, 3.05) is 0 Å². The van der Waals surface area contributed by atoms with Crippen LogP contribution in [-0.4, -0.2) is 14.5 Å². The highest BCUT2D eigenvalue weighted by Crippen LogP contribution is 2.26. The molecule has 0 aliphatic heterocycles. The van der Waals surface area contributed by atoms with Gasteiger partial charge in [-0.2, -0.15) is 5.26 Å². The molecular formula is C26H26N4. The molecule has 0 atom stereocenters. The molecule has 0 aliphatic rings. The van der Waals surface area contributed by atoms with Gasteiger partial charge in [0.25, 0.3) is 0 Å². The number of hydrogen-bond donors (Lipinski definition) is 1. The Hall–Kier alpha value is -3.58. The Morgan fingerprint density at radius 2 is 1.80 bits per heavy atom. The van der Waals surface area contributed by atoms with Gasteiger partial charge in [0, 0.05) is 17.1 Å². The zero-order valence-electron chi connectivity index (χ0n) is 18.1. The number of aromatic nitrogens is 3. The normalized spacial score (nSPS) is 12.0. The Morgan fingerprint density at radius 3 is 2.47 bits per heavy atom. The first-order chi connectivity index (χ1) is 14.4. The smallest absolute Gasteiger partial charge is 0.149 e. The van der Waals surface area contributed by atoms with Crippen molar-refractivity contribution in [1.29, 1.82) is 5.26 Å². The molecule has 0 amide bonds. The predicted octanol–water partition coefficient (Wildman–Crippen LogP) is 6.47. The number of H-pyrrole nitrogens is 1. The fourth-order valence-electron chi connectivity index (χ4n) is 3.90. The quantitative estimate of drug-likeness (QED) is 0.403. The molecule has 0 bridgehead atoms. The van der Waals surface area contributed by atoms with Crippen LogP contribution in [0.25, 0.3) is 28.4 Å². The number of allylic oxidation sites excluding steroid dienone is 1. The molecule has 4 heteroatoms. The maximum atomic E-state index is 9.80. The summed E-state index contributed by atoms with van der Waals surface area (Å²) in [5.74, 6) is 1.11. The highest BCUT2D eigenvalue weighted by molar-refractivity contribution is 5.91. The third kappa shape index (κ3) is 3.55. The summed E-state index contributed by atoms with van der Waals surface area (Å²) in [4.78, 5) is 7.90. The number of benzene rings is 2. The number of nitrogens with zero attached hydrogens (tertiary/aromatic N) is 3. The molecular weight excluding hydrogens is 368 g/mol. The molecule has 30 heavy (non-hydrogen) atoms. The lowest BCUT2D eigenvalue weighted by Crippen LogP contribution is -1.99. The molecule has 0 radical (unpaired) electrons. The van der Waals surface area contributed by atoms with E-state index in [4.69, 9.17) is 0 Å². The van der Waals surface area contributed by atoms with Crippen molar-refractivity contribution < 1.29 is 0 Å². The van der Waals surface area contributed by atoms with E-state index >= 15 is 0 Å². The third-order valence-corrected chi connectivity index (χ3v) is 5.60. The van der Waals surface area contributed by atoms with Crippen LogP contribution in [0, 0.1) is 32.1 Å². The SMILES string of the molecule is Cc1ccc2nc(/C(C#N)=C\c3cc(C)n(-c4ccc(C(C)C)cc4)c3C)[nH]c2c1. The Bertz CT molecular complexity index is 1290. The minimum absolute atomic E-state index is 0.509. The van der Waals surface area contributed by atoms with Gasteiger partial charge in [0.1, 0.15) is 11.9 Å². The van der Waals surface area contributed by atoms with Crippen LogP contribution in [0.3, 0.4) is 0 Å². The van der Waals surface area contributed by atoms with E-state index in [1.54, 1.807) is 0 Å². The molecule has 2 aromatic carbocycles. The first-order valence-electron chi connectivity index (χ1n) is 10.2. The van der Waals surface area contributed by atoms with Gasteiger partial charge in [-0.05, 0) is 79.8 Å². The van der Waals surface area contributed by atoms with E-state index in [0.29, 0.717) is 17.3 Å². The van der Waals surface area contributed by atoms with Gasteiger partial charge < -0.3 is 9.55 Å². The topological polar surface area (TPSA) is 57.4 Å². The first kappa shape index (κ1) is 19.7. The van der Waals surface area contributed by atoms with Crippen molar-refractivity contribution >= 4 is 22.7 Å². The Labute approximate surface area is 177 Å². The summed E-state index contributed by atoms with van der Waals surface area (Å²) in [5.41, 5.74) is 9.22. The zero-order chi connectivity index (χ0) is 21.4. The van der Waals surface area contributed by atoms with Crippen LogP contribution in [-0.2, 0) is 0 Å². The number of aryl methyl sites for hydroxylation is 2. The molecule has 150 valence electrons. The van der Waals surface area contributed by atoms with Crippen molar-refractivity contribution in [3.63, 3.8) is 0 Å². The molecule has 0 aliphatic carbocycles. The molecule has 0 unspecified atom stereocenters. The Morgan fingerprint density at radius 1 is 1.07 bits per heavy atom. The molecule has 4 aromatic rings. The molecule has 4 rings (SSSR count). The molecule has 2 aromatic heterocycles. The number of imidazole rings is 1. The van der Waals surface area contributed by atoms with Crippen LogP contribution < -0.4 is 0 Å². The molecule has 0 fully saturated rings. The van der Waals surface area contributed by atoms with Crippen LogP contribution in [0.15, 0.2) is 48.5 Å². The van der Waals surface area contributed by atoms with Crippen LogP contribution in [0.2, 0.25) is 0 Å². The minimum Gasteiger partial charge on any atom is -0.337 e. The lowest BCUT2D eigenvalue weighted by molar-refractivity contribution is 0.863. The number of nitriles is 1. The van der Waals surface area contributed by atoms with E-state index in [-0.39, 0.29) is 0 Å². The van der Waals surface area contributed by atoms with E-state index in [2.05, 4.69) is 78.6 Å². The van der Waals surface area contributed by atoms with Crippen LogP contribution in [0.4, 0.5) is 0 Å². The predicted molar refractivity (Wildman–Crippen MR) is 124 cm³/mol. The summed E-state index contributed by atoms with van der Waals surface area (Å²) in [5, 5.41) is 9.80. The van der Waals surface area contributed by atoms with Crippen LogP contribution in [0.1, 0.15) is 53.7 Å². The van der Waals surface area contributed by atoms with E-state index in [1.165, 1.54) is 5.56 Å². The van der Waals surface area contributed by atoms with Crippen LogP contribution in [0.5, 0.6) is 0 Å². The van der Waals surface area contributed by atoms with Gasteiger partial charge in [0.05, 0.1) is 16.6 Å². The van der Waals surface area contributed by atoms with Crippen molar-refractivity contribution in [3.8, 4) is 11.8 Å². The van der Waals surface area contributed by atoms with Crippen LogP contribution >= 0.6 is 0 Å². The lowest BCUT2D eigenvalue weighted by Gasteiger charge is -2.12. The van der Waals surface area contributed by atoms with E-state index in [9.17, 15) is 5.26 Å². The highest BCUT2D eigenvalue weighted by atomic mass is 15.0. The monoisotopic (exact) mass is 394 g/mol. The third-order valence-electron chi connectivity index (χ3n) is 5.60. The standard InChI is InChI=1S/C26H26N4/c1-16(2)20-7-9-23(10-8-20)30-18(4)13-21(19(30)5)14-22(15-27)26-28-24-11-6-17(3)12-25(24)29-26/h6-14,16H,1-5H3,(H,28,29)/b22-14-. The van der Waals surface area contributed by atoms with Gasteiger partial charge in [-0.25, -0.2) is 4.98 Å². The largest absolute Gasteiger partial charge is 0.337 e. The molecule has 2 heterocycles. The average molecular weight is 395 g/mol. The molecule has 1 N–H and O–H groups in total. The highest BCUT2D eigenvalue weighted by Gasteiger charge is 2.13. The Balaban J connectivity index is 1.75. The second kappa shape index (κ2) is 7.68. The van der Waals surface area contributed by atoms with E-state index in [0.717, 1.165) is 39.2 Å². The Kier molecular flexibility index (Phi) is 5.05. The van der Waals surface area contributed by atoms with Crippen molar-refractivity contribution in [3.05, 3.63) is 82.4 Å². The van der Waals surface area contributed by atoms with Gasteiger partial charge >= 0.3 is 0 Å². The minimum atomic E-state index is 0.509. The second-order valence-corrected chi connectivity index (χ2v) is 8.18. The average Bonchev–Trinajstić information content (AvgIpc) is 3.26. The van der Waals surface area contributed by atoms with Gasteiger partial charge in [0.15, 0.2) is 0 Å². The molecule has 0 saturated heterocycles. The molecule has 0 spiro atoms. The molecule has 4 nitrogen and oxygen atoms in total. The summed E-state index contributed by atoms with van der Waals surface area (Å²) in [7, 11) is 0. The lowest BCUT2D eigenvalue weighted by atomic mass is 10.0. The first-order valence-corrected chi connectivity index (χ1v) is 10.2. The fraction of sp³-hybridized carbons (Fsp3) is 0.231. The van der Waals surface area contributed by atoms with Gasteiger partial charge in [-0.15, -0.1) is 0 Å². The molecule has 0 saturated carbocycles. The number of fused-ring (bicyclic) bond motifs is 1. The zero-order valence-corrected chi connectivity index (χ0v) is 18.1. The summed E-state index contributed by atoms with van der Waals surface area (Å²) < 4.78 is 2.23. The number of aromatic amines is 1. The van der Waals surface area contributed by atoms with Gasteiger partial charge in [0.2, 0.25) is 0 Å². The maximum Gasteiger partial charge on any atom is 0.149 e. The van der Waals surface area contributed by atoms with Gasteiger partial charge in [-0.3, -0.25) is 0 Å². The number of nitrogens with one attached hydrogen (secondary N) is 1. The summed E-state index contributed by atoms with van der Waals surface area (Å²) in [6.45, 7) is 10.6. The summed E-state index contributed by atoms with van der Waals surface area (Å²) in [6.07, 6.45) is 1.92. The summed E-state index contributed by atoms with van der Waals surface area (Å²) in [6, 6.07) is 19.2. The van der Waals surface area contributed by atoms with E-state index in [1.807, 2.05) is 31.2 Å². The number of rotatable bonds is 4. The van der Waals surface area contributed by atoms with Crippen molar-refractivity contribution in [2.24, 2.45) is 0 Å². The fourth-order valence-corrected chi connectivity index (χ4v) is 3.90. The summed E-state index contributed by atoms with van der Waals surface area (Å²) >= 11 is 0. The maximum absolute atomic E-state index is 9.80. The second-order valence-electron chi connectivity index (χ2n) is 8.18. The van der Waals surface area contributed by atoms with Crippen molar-refractivity contribution in [2.45, 2.75) is 40.5 Å². The van der Waals surface area contributed by atoms with E-state index < -0.39 is 0 Å². The van der Waals surface area contributed by atoms with Gasteiger partial charge in [-0.1, -0.05) is 32.0 Å².